The van der Waals surface area contributed by atoms with Crippen molar-refractivity contribution in [3.8, 4) is 0 Å². The predicted molar refractivity (Wildman–Crippen MR) is 37.9 cm³/mol. The molecule has 9 N–H and O–H groups in total. The van der Waals surface area contributed by atoms with Gasteiger partial charge in [0.05, 0.1) is 0 Å². The zero-order chi connectivity index (χ0) is 10.4. The smallest absolute Gasteiger partial charge is 0.323 e. The van der Waals surface area contributed by atoms with Crippen molar-refractivity contribution in [2.75, 3.05) is 0 Å². The third-order valence-corrected chi connectivity index (χ3v) is 1.06. The minimum absolute atomic E-state index is 0. The van der Waals surface area contributed by atoms with Crippen molar-refractivity contribution in [3.05, 3.63) is 0 Å². The van der Waals surface area contributed by atoms with Crippen LogP contribution in [0.5, 0.6) is 0 Å². The van der Waals surface area contributed by atoms with Gasteiger partial charge in [-0.15, -0.1) is 0 Å². The van der Waals surface area contributed by atoms with Crippen LogP contribution in [-0.2, 0) is 4.79 Å². The minimum atomic E-state index is -1.04. The summed E-state index contributed by atoms with van der Waals surface area (Å²) < 4.78 is 0. The zero-order valence-corrected chi connectivity index (χ0v) is 7.67. The van der Waals surface area contributed by atoms with Gasteiger partial charge in [-0.2, -0.15) is 0 Å². The molecule has 0 bridgehead atoms. The molecule has 0 aromatic carbocycles. The van der Waals surface area contributed by atoms with E-state index in [0.717, 1.165) is 0 Å². The molecule has 0 aromatic rings. The summed E-state index contributed by atoms with van der Waals surface area (Å²) >= 11 is 0. The van der Waals surface area contributed by atoms with Crippen molar-refractivity contribution in [2.45, 2.75) is 6.17 Å². The fourth-order valence-corrected chi connectivity index (χ4v) is 0.661. The Labute approximate surface area is 84.5 Å². The monoisotopic (exact) mass is 227 g/mol. The number of primary amides is 1. The minimum Gasteiger partial charge on any atom is -1.00 e. The summed E-state index contributed by atoms with van der Waals surface area (Å²) in [5, 5.41) is 12.8. The van der Waals surface area contributed by atoms with Gasteiger partial charge in [0.1, 0.15) is 0 Å². The molecule has 1 atom stereocenters. The van der Waals surface area contributed by atoms with Crippen LogP contribution in [0.1, 0.15) is 0 Å². The molecule has 0 saturated carbocycles. The maximum absolute atomic E-state index is 10.7. The van der Waals surface area contributed by atoms with Gasteiger partial charge in [0, 0.05) is 0 Å². The molecule has 10 heteroatoms. The highest BCUT2D eigenvalue weighted by Gasteiger charge is 2.29. The number of carbonyl (C=O) groups excluding carboxylic acids is 3. The number of imide groups is 1. The van der Waals surface area contributed by atoms with E-state index in [0.29, 0.717) is 0 Å². The first kappa shape index (κ1) is 14.9. The van der Waals surface area contributed by atoms with Crippen molar-refractivity contribution in [1.29, 1.82) is 0 Å². The van der Waals surface area contributed by atoms with Crippen LogP contribution in [0.25, 0.3) is 0 Å². The van der Waals surface area contributed by atoms with Crippen LogP contribution in [0.3, 0.4) is 0 Å². The van der Waals surface area contributed by atoms with Crippen molar-refractivity contribution in [1.82, 2.24) is 16.0 Å². The summed E-state index contributed by atoms with van der Waals surface area (Å²) in [5.41, 5.74) is 4.70. The number of nitrogens with two attached hydrogens (primary N) is 1. The fraction of sp³-hybridized carbons (Fsp3) is 0.250. The van der Waals surface area contributed by atoms with Gasteiger partial charge in [0.15, 0.2) is 6.17 Å². The number of hydrogen-bond donors (Lipinski definition) is 6. The van der Waals surface area contributed by atoms with E-state index >= 15 is 0 Å². The summed E-state index contributed by atoms with van der Waals surface area (Å²) in [6.45, 7) is 0. The van der Waals surface area contributed by atoms with Crippen LogP contribution in [0.15, 0.2) is 0 Å². The highest BCUT2D eigenvalue weighted by molar-refractivity contribution is 6.05. The molecular formula is C4H10ClN5O4. The van der Waals surface area contributed by atoms with Gasteiger partial charge in [0.25, 0.3) is 5.91 Å². The maximum atomic E-state index is 10.7. The molecule has 0 aromatic heterocycles. The molecule has 1 fully saturated rings. The van der Waals surface area contributed by atoms with Gasteiger partial charge in [0.2, 0.25) is 0 Å². The highest BCUT2D eigenvalue weighted by atomic mass is 35.5. The second-order valence-corrected chi connectivity index (χ2v) is 1.90. The van der Waals surface area contributed by atoms with Gasteiger partial charge in [-0.25, -0.2) is 20.7 Å². The molecule has 0 spiro atoms. The van der Waals surface area contributed by atoms with E-state index in [1.807, 2.05) is 10.6 Å². The molecule has 82 valence electrons. The molecule has 5 amide bonds. The van der Waals surface area contributed by atoms with E-state index in [4.69, 9.17) is 10.9 Å². The number of rotatable bonds is 1. The van der Waals surface area contributed by atoms with Crippen LogP contribution in [0.2, 0.25) is 0 Å². The van der Waals surface area contributed by atoms with Crippen LogP contribution in [0, 0.1) is 0 Å². The molecule has 0 aliphatic carbocycles. The summed E-state index contributed by atoms with van der Waals surface area (Å²) in [4.78, 5) is 31.3. The van der Waals surface area contributed by atoms with Gasteiger partial charge >= 0.3 is 12.1 Å². The lowest BCUT2D eigenvalue weighted by Crippen LogP contribution is -3.00. The summed E-state index contributed by atoms with van der Waals surface area (Å²) in [6, 6.07) is -1.51. The Morgan fingerprint density at radius 3 is 2.29 bits per heavy atom. The number of hydrogen-bond acceptors (Lipinski definition) is 4. The number of nitrogens with one attached hydrogen (secondary N) is 3. The molecule has 1 rings (SSSR count). The van der Waals surface area contributed by atoms with Crippen LogP contribution >= 0.6 is 0 Å². The van der Waals surface area contributed by atoms with Crippen molar-refractivity contribution >= 4 is 18.0 Å². The SMILES string of the molecule is NC(=O)NC1NC(=O)NC1=O.[Cl-].[NH3+]O. The van der Waals surface area contributed by atoms with Gasteiger partial charge < -0.3 is 28.8 Å². The topological polar surface area (TPSA) is 161 Å². The zero-order valence-electron chi connectivity index (χ0n) is 6.91. The number of urea groups is 2. The van der Waals surface area contributed by atoms with Gasteiger partial charge in [-0.3, -0.25) is 10.1 Å². The second kappa shape index (κ2) is 6.88. The van der Waals surface area contributed by atoms with Crippen LogP contribution < -0.4 is 40.0 Å². The van der Waals surface area contributed by atoms with E-state index in [9.17, 15) is 14.4 Å². The number of carbonyl (C=O) groups is 3. The molecule has 14 heavy (non-hydrogen) atoms. The van der Waals surface area contributed by atoms with Gasteiger partial charge in [-0.1, -0.05) is 0 Å². The van der Waals surface area contributed by atoms with Crippen molar-refractivity contribution in [3.63, 3.8) is 0 Å². The van der Waals surface area contributed by atoms with Crippen LogP contribution in [0.4, 0.5) is 9.59 Å². The lowest BCUT2D eigenvalue weighted by atomic mass is 10.5. The normalized spacial score (nSPS) is 18.0. The average molecular weight is 228 g/mol. The Hall–Kier alpha value is -1.58. The van der Waals surface area contributed by atoms with Crippen molar-refractivity contribution < 1.29 is 37.9 Å². The average Bonchev–Trinajstić information content (AvgIpc) is 2.33. The van der Waals surface area contributed by atoms with E-state index in [1.165, 1.54) is 0 Å². The largest absolute Gasteiger partial charge is 1.00 e. The first-order valence-electron chi connectivity index (χ1n) is 3.08. The Balaban J connectivity index is 0. The molecule has 1 aliphatic rings. The summed E-state index contributed by atoms with van der Waals surface area (Å²) in [7, 11) is 0. The highest BCUT2D eigenvalue weighted by Crippen LogP contribution is 1.86. The Morgan fingerprint density at radius 1 is 1.50 bits per heavy atom. The van der Waals surface area contributed by atoms with Crippen molar-refractivity contribution in [2.24, 2.45) is 5.73 Å². The molecule has 0 radical (unpaired) electrons. The first-order valence-corrected chi connectivity index (χ1v) is 3.08. The molecule has 1 unspecified atom stereocenters. The Bertz CT molecular complexity index is 234. The molecule has 1 aliphatic heterocycles. The number of halogens is 1. The van der Waals surface area contributed by atoms with E-state index in [-0.39, 0.29) is 12.4 Å². The molecular weight excluding hydrogens is 218 g/mol. The molecule has 9 nitrogen and oxygen atoms in total. The fourth-order valence-electron chi connectivity index (χ4n) is 0.661. The third kappa shape index (κ3) is 4.45. The standard InChI is InChI=1S/C4H6N4O3.ClH.H4NO/c5-3(10)6-1-2(9)8-4(11)7-1;;1-2/h1H,(H3,5,6,10)(H2,7,8,9,11);1H;2H,1H3/q;;+1/p-1. The van der Waals surface area contributed by atoms with Crippen LogP contribution in [-0.4, -0.2) is 29.3 Å². The second-order valence-electron chi connectivity index (χ2n) is 1.90. The quantitative estimate of drug-likeness (QED) is 0.194. The Morgan fingerprint density at radius 2 is 2.00 bits per heavy atom. The maximum Gasteiger partial charge on any atom is 0.323 e. The van der Waals surface area contributed by atoms with E-state index in [2.05, 4.69) is 11.2 Å². The van der Waals surface area contributed by atoms with Gasteiger partial charge in [-0.05, 0) is 0 Å². The molecule has 1 heterocycles. The molecule has 1 saturated heterocycles. The first-order chi connectivity index (χ1) is 6.09. The third-order valence-electron chi connectivity index (χ3n) is 1.06. The lowest BCUT2D eigenvalue weighted by Gasteiger charge is -2.05. The summed E-state index contributed by atoms with van der Waals surface area (Å²) in [5.74, 6) is 1.63. The summed E-state index contributed by atoms with van der Waals surface area (Å²) in [6.07, 6.45) is -1.04. The number of quaternary nitrogens is 1. The van der Waals surface area contributed by atoms with E-state index in [1.54, 1.807) is 0 Å². The Kier molecular flexibility index (Phi) is 7.34. The lowest BCUT2D eigenvalue weighted by molar-refractivity contribution is -0.670. The predicted octanol–water partition coefficient (Wildman–Crippen LogP) is -6.56. The van der Waals surface area contributed by atoms with E-state index < -0.39 is 24.1 Å². The number of amides is 5.